The second-order valence-corrected chi connectivity index (χ2v) is 4.77. The molecule has 0 aliphatic heterocycles. The summed E-state index contributed by atoms with van der Waals surface area (Å²) in [7, 11) is 3.12. The fourth-order valence-corrected chi connectivity index (χ4v) is 2.15. The van der Waals surface area contributed by atoms with Crippen LogP contribution >= 0.6 is 0 Å². The molecule has 7 heteroatoms. The Bertz CT molecular complexity index is 682. The number of aromatic hydroxyl groups is 4. The summed E-state index contributed by atoms with van der Waals surface area (Å²) in [4.78, 5) is 12.5. The fraction of sp³-hybridized carbons (Fsp3) is 0.133. The van der Waals surface area contributed by atoms with Crippen LogP contribution in [0.3, 0.4) is 0 Å². The summed E-state index contributed by atoms with van der Waals surface area (Å²) in [6.07, 6.45) is 0. The van der Waals surface area contributed by atoms with Crippen molar-refractivity contribution in [3.05, 3.63) is 35.4 Å². The largest absolute Gasteiger partial charge is 0.505 e. The van der Waals surface area contributed by atoms with Crippen molar-refractivity contribution in [2.45, 2.75) is 13.6 Å². The molecular formula is C15H14B2O5. The highest BCUT2D eigenvalue weighted by atomic mass is 16.3. The smallest absolute Gasteiger partial charge is 0.193 e. The Hall–Kier alpha value is -2.56. The Kier molecular flexibility index (Phi) is 4.35. The lowest BCUT2D eigenvalue weighted by Crippen LogP contribution is -2.17. The first-order chi connectivity index (χ1) is 10.4. The molecule has 22 heavy (non-hydrogen) atoms. The number of rotatable bonds is 4. The summed E-state index contributed by atoms with van der Waals surface area (Å²) in [5.74, 6) is -1.84. The highest BCUT2D eigenvalue weighted by Gasteiger charge is 2.17. The van der Waals surface area contributed by atoms with Crippen molar-refractivity contribution in [1.29, 1.82) is 0 Å². The van der Waals surface area contributed by atoms with Crippen LogP contribution in [0.15, 0.2) is 24.3 Å². The van der Waals surface area contributed by atoms with E-state index in [9.17, 15) is 25.2 Å². The van der Waals surface area contributed by atoms with Crippen molar-refractivity contribution < 1.29 is 25.2 Å². The van der Waals surface area contributed by atoms with E-state index in [0.29, 0.717) is 10.9 Å². The lowest BCUT2D eigenvalue weighted by atomic mass is 9.71. The molecule has 0 bridgehead atoms. The summed E-state index contributed by atoms with van der Waals surface area (Å²) in [5.41, 5.74) is 0.980. The van der Waals surface area contributed by atoms with E-state index in [1.165, 1.54) is 12.1 Å². The number of carbonyl (C=O) groups excluding carboxylic acids is 1. The number of hydrogen-bond donors (Lipinski definition) is 4. The van der Waals surface area contributed by atoms with Gasteiger partial charge in [0.2, 0.25) is 0 Å². The van der Waals surface area contributed by atoms with Crippen molar-refractivity contribution in [1.82, 2.24) is 0 Å². The van der Waals surface area contributed by atoms with Gasteiger partial charge >= 0.3 is 0 Å². The van der Waals surface area contributed by atoms with Gasteiger partial charge in [-0.1, -0.05) is 25.8 Å². The highest BCUT2D eigenvalue weighted by molar-refractivity contribution is 6.54. The molecule has 110 valence electrons. The van der Waals surface area contributed by atoms with Gasteiger partial charge in [0, 0.05) is 11.1 Å². The maximum absolute atomic E-state index is 12.5. The third-order valence-electron chi connectivity index (χ3n) is 3.38. The van der Waals surface area contributed by atoms with Crippen molar-refractivity contribution in [3.8, 4) is 23.0 Å². The Balaban J connectivity index is 2.53. The SMILES string of the molecule is C[B]c1cc(C(=O)c2cc(O)c(O)c([B]C)c2)cc(O)c1O. The van der Waals surface area contributed by atoms with Gasteiger partial charge in [-0.05, 0) is 23.1 Å². The van der Waals surface area contributed by atoms with E-state index in [2.05, 4.69) is 0 Å². The minimum atomic E-state index is -0.447. The Morgan fingerprint density at radius 1 is 0.773 bits per heavy atom. The van der Waals surface area contributed by atoms with Crippen molar-refractivity contribution >= 4 is 31.3 Å². The van der Waals surface area contributed by atoms with Crippen LogP contribution in [0.25, 0.3) is 0 Å². The molecule has 2 radical (unpaired) electrons. The fourth-order valence-electron chi connectivity index (χ4n) is 2.15. The van der Waals surface area contributed by atoms with Crippen LogP contribution in [0.4, 0.5) is 0 Å². The zero-order valence-electron chi connectivity index (χ0n) is 12.2. The summed E-state index contributed by atoms with van der Waals surface area (Å²) < 4.78 is 0. The summed E-state index contributed by atoms with van der Waals surface area (Å²) >= 11 is 0. The zero-order chi connectivity index (χ0) is 16.4. The number of benzene rings is 2. The number of phenols is 4. The third-order valence-corrected chi connectivity index (χ3v) is 3.38. The van der Waals surface area contributed by atoms with Gasteiger partial charge < -0.3 is 20.4 Å². The van der Waals surface area contributed by atoms with E-state index < -0.39 is 17.3 Å². The number of ketones is 1. The summed E-state index contributed by atoms with van der Waals surface area (Å²) in [6, 6.07) is 5.20. The average molecular weight is 296 g/mol. The molecule has 4 N–H and O–H groups in total. The average Bonchev–Trinajstić information content (AvgIpc) is 2.51. The topological polar surface area (TPSA) is 98.0 Å². The maximum Gasteiger partial charge on any atom is 0.193 e. The molecule has 2 aromatic carbocycles. The van der Waals surface area contributed by atoms with E-state index in [-0.39, 0.29) is 22.6 Å². The predicted molar refractivity (Wildman–Crippen MR) is 85.5 cm³/mol. The first-order valence-electron chi connectivity index (χ1n) is 6.64. The molecule has 2 aromatic rings. The molecular weight excluding hydrogens is 282 g/mol. The van der Waals surface area contributed by atoms with Crippen LogP contribution in [0, 0.1) is 0 Å². The maximum atomic E-state index is 12.5. The summed E-state index contributed by atoms with van der Waals surface area (Å²) in [6.45, 7) is 3.33. The molecule has 0 aromatic heterocycles. The molecule has 0 unspecified atom stereocenters. The van der Waals surface area contributed by atoms with Gasteiger partial charge in [0.15, 0.2) is 43.3 Å². The highest BCUT2D eigenvalue weighted by Crippen LogP contribution is 2.27. The standard InChI is InChI=1S/C15H14B2O5/c1-16-9-3-7(5-11(18)14(9)21)13(20)8-4-10(17-2)15(22)12(19)6-8/h3-6,18-19,21-22H,1-2H3. The molecule has 0 aliphatic rings. The van der Waals surface area contributed by atoms with E-state index in [0.717, 1.165) is 12.1 Å². The quantitative estimate of drug-likeness (QED) is 0.374. The van der Waals surface area contributed by atoms with E-state index >= 15 is 0 Å². The van der Waals surface area contributed by atoms with Gasteiger partial charge in [-0.25, -0.2) is 0 Å². The van der Waals surface area contributed by atoms with Crippen molar-refractivity contribution in [2.75, 3.05) is 0 Å². The van der Waals surface area contributed by atoms with Crippen LogP contribution in [0.1, 0.15) is 15.9 Å². The molecule has 0 aliphatic carbocycles. The molecule has 0 fully saturated rings. The monoisotopic (exact) mass is 296 g/mol. The van der Waals surface area contributed by atoms with Gasteiger partial charge in [-0.2, -0.15) is 0 Å². The number of phenolic OH excluding ortho intramolecular Hbond substituents is 4. The molecule has 0 saturated heterocycles. The second-order valence-electron chi connectivity index (χ2n) is 4.77. The van der Waals surface area contributed by atoms with Crippen LogP contribution < -0.4 is 10.9 Å². The van der Waals surface area contributed by atoms with Crippen molar-refractivity contribution in [2.24, 2.45) is 0 Å². The molecule has 0 heterocycles. The van der Waals surface area contributed by atoms with Gasteiger partial charge in [0.1, 0.15) is 0 Å². The Morgan fingerprint density at radius 2 is 1.14 bits per heavy atom. The number of carbonyl (C=O) groups is 1. The van der Waals surface area contributed by atoms with Crippen LogP contribution in [0.5, 0.6) is 23.0 Å². The number of hydrogen-bond acceptors (Lipinski definition) is 5. The van der Waals surface area contributed by atoms with Gasteiger partial charge in [0.05, 0.1) is 0 Å². The van der Waals surface area contributed by atoms with Gasteiger partial charge in [0.25, 0.3) is 0 Å². The Morgan fingerprint density at radius 3 is 1.45 bits per heavy atom. The van der Waals surface area contributed by atoms with E-state index in [1.54, 1.807) is 28.2 Å². The molecule has 0 atom stereocenters. The molecule has 0 amide bonds. The zero-order valence-corrected chi connectivity index (χ0v) is 12.2. The third kappa shape index (κ3) is 2.74. The lowest BCUT2D eigenvalue weighted by molar-refractivity contribution is 0.103. The summed E-state index contributed by atoms with van der Waals surface area (Å²) in [5, 5.41) is 38.7. The van der Waals surface area contributed by atoms with Crippen LogP contribution in [-0.4, -0.2) is 40.8 Å². The minimum absolute atomic E-state index is 0.163. The minimum Gasteiger partial charge on any atom is -0.505 e. The van der Waals surface area contributed by atoms with Crippen LogP contribution in [-0.2, 0) is 0 Å². The molecule has 0 spiro atoms. The molecule has 5 nitrogen and oxygen atoms in total. The molecule has 2 rings (SSSR count). The van der Waals surface area contributed by atoms with Crippen molar-refractivity contribution in [3.63, 3.8) is 0 Å². The second kappa shape index (κ2) is 6.05. The lowest BCUT2D eigenvalue weighted by Gasteiger charge is -2.10. The first kappa shape index (κ1) is 15.8. The molecule has 0 saturated carbocycles. The Labute approximate surface area is 129 Å². The first-order valence-corrected chi connectivity index (χ1v) is 6.64. The van der Waals surface area contributed by atoms with Crippen LogP contribution in [0.2, 0.25) is 13.6 Å². The normalized spacial score (nSPS) is 10.3. The van der Waals surface area contributed by atoms with E-state index in [1.807, 2.05) is 0 Å². The predicted octanol–water partition coefficient (Wildman–Crippen LogP) is 0.495. The van der Waals surface area contributed by atoms with Gasteiger partial charge in [-0.15, -0.1) is 0 Å². The van der Waals surface area contributed by atoms with Gasteiger partial charge in [-0.3, -0.25) is 4.79 Å². The van der Waals surface area contributed by atoms with E-state index in [4.69, 9.17) is 0 Å².